The normalized spacial score (nSPS) is 11.9. The number of amides is 1. The van der Waals surface area contributed by atoms with Crippen LogP contribution in [0, 0.1) is 10.1 Å². The van der Waals surface area contributed by atoms with Gasteiger partial charge in [-0.25, -0.2) is 4.79 Å². The SMILES string of the molecule is [2H]CC(=O)N[C@@H](Cc1ccccc1)C(=O)Oc1ccc([N+](=O)[O-])cc1. The number of esters is 1. The average Bonchev–Trinajstić information content (AvgIpc) is 2.62. The summed E-state index contributed by atoms with van der Waals surface area (Å²) in [4.78, 5) is 33.9. The van der Waals surface area contributed by atoms with Crippen LogP contribution < -0.4 is 10.1 Å². The van der Waals surface area contributed by atoms with Crippen molar-refractivity contribution in [3.05, 3.63) is 70.3 Å². The van der Waals surface area contributed by atoms with E-state index in [0.717, 1.165) is 5.56 Å². The molecule has 2 aromatic carbocycles. The van der Waals surface area contributed by atoms with E-state index in [0.29, 0.717) is 0 Å². The average molecular weight is 329 g/mol. The Morgan fingerprint density at radius 2 is 1.88 bits per heavy atom. The van der Waals surface area contributed by atoms with Crippen LogP contribution in [0.2, 0.25) is 0 Å². The molecule has 24 heavy (non-hydrogen) atoms. The molecule has 2 rings (SSSR count). The second-order valence-electron chi connectivity index (χ2n) is 4.98. The quantitative estimate of drug-likeness (QED) is 0.379. The van der Waals surface area contributed by atoms with Gasteiger partial charge in [-0.1, -0.05) is 30.3 Å². The molecule has 124 valence electrons. The molecular weight excluding hydrogens is 312 g/mol. The van der Waals surface area contributed by atoms with Crippen molar-refractivity contribution in [2.45, 2.75) is 19.4 Å². The van der Waals surface area contributed by atoms with Crippen molar-refractivity contribution in [3.8, 4) is 5.75 Å². The van der Waals surface area contributed by atoms with Gasteiger partial charge in [0.05, 0.1) is 4.92 Å². The lowest BCUT2D eigenvalue weighted by Gasteiger charge is -2.16. The molecule has 0 heterocycles. The molecule has 0 radical (unpaired) electrons. The molecule has 0 aliphatic heterocycles. The number of carbonyl (C=O) groups excluding carboxylic acids is 2. The molecule has 1 N–H and O–H groups in total. The van der Waals surface area contributed by atoms with Gasteiger partial charge in [-0.15, -0.1) is 0 Å². The van der Waals surface area contributed by atoms with Gasteiger partial charge in [0.2, 0.25) is 5.91 Å². The number of carbonyl (C=O) groups is 2. The van der Waals surface area contributed by atoms with E-state index in [-0.39, 0.29) is 17.9 Å². The van der Waals surface area contributed by atoms with Crippen molar-refractivity contribution in [1.82, 2.24) is 5.32 Å². The molecule has 7 heteroatoms. The minimum absolute atomic E-state index is 0.122. The number of benzene rings is 2. The molecule has 0 aliphatic carbocycles. The van der Waals surface area contributed by atoms with Gasteiger partial charge in [-0.05, 0) is 17.7 Å². The van der Waals surface area contributed by atoms with E-state index >= 15 is 0 Å². The van der Waals surface area contributed by atoms with Crippen molar-refractivity contribution in [2.24, 2.45) is 0 Å². The molecule has 0 saturated heterocycles. The number of rotatable bonds is 6. The Labute approximate surface area is 139 Å². The van der Waals surface area contributed by atoms with Gasteiger partial charge in [0.1, 0.15) is 11.8 Å². The van der Waals surface area contributed by atoms with Crippen LogP contribution in [0.1, 0.15) is 13.8 Å². The summed E-state index contributed by atoms with van der Waals surface area (Å²) in [5.74, 6) is -1.17. The highest BCUT2D eigenvalue weighted by Crippen LogP contribution is 2.18. The molecule has 0 fully saturated rings. The Morgan fingerprint density at radius 3 is 2.46 bits per heavy atom. The zero-order chi connectivity index (χ0) is 18.2. The molecular formula is C17H16N2O5. The molecule has 1 atom stereocenters. The van der Waals surface area contributed by atoms with Crippen molar-refractivity contribution < 1.29 is 20.6 Å². The Hall–Kier alpha value is -3.22. The van der Waals surface area contributed by atoms with Gasteiger partial charge in [-0.2, -0.15) is 0 Å². The van der Waals surface area contributed by atoms with Gasteiger partial charge in [0, 0.05) is 26.8 Å². The van der Waals surface area contributed by atoms with Crippen LogP contribution in [0.4, 0.5) is 5.69 Å². The largest absolute Gasteiger partial charge is 0.425 e. The standard InChI is InChI=1S/C17H16N2O5/c1-12(20)18-16(11-13-5-3-2-4-6-13)17(21)24-15-9-7-14(8-10-15)19(22)23/h2-10,16H,11H2,1H3,(H,18,20)/t16-/m0/s1/i1D. The Kier molecular flexibility index (Phi) is 5.14. The Bertz CT molecular complexity index is 749. The fraction of sp³-hybridized carbons (Fsp3) is 0.176. The first-order valence-electron chi connectivity index (χ1n) is 7.79. The number of nitrogens with one attached hydrogen (secondary N) is 1. The molecule has 0 aromatic heterocycles. The Balaban J connectivity index is 2.10. The minimum atomic E-state index is -0.963. The monoisotopic (exact) mass is 329 g/mol. The summed E-state index contributed by atoms with van der Waals surface area (Å²) < 4.78 is 12.3. The van der Waals surface area contributed by atoms with E-state index in [9.17, 15) is 19.7 Å². The minimum Gasteiger partial charge on any atom is -0.425 e. The van der Waals surface area contributed by atoms with Crippen LogP contribution in [-0.2, 0) is 16.0 Å². The summed E-state index contributed by atoms with van der Waals surface area (Å²) in [6.07, 6.45) is 0.207. The van der Waals surface area contributed by atoms with E-state index in [1.807, 2.05) is 6.07 Å². The molecule has 0 unspecified atom stereocenters. The van der Waals surface area contributed by atoms with Crippen molar-refractivity contribution in [3.63, 3.8) is 0 Å². The highest BCUT2D eigenvalue weighted by molar-refractivity contribution is 5.84. The summed E-state index contributed by atoms with van der Waals surface area (Å²) in [6.45, 7) is -0.504. The summed E-state index contributed by atoms with van der Waals surface area (Å²) in [7, 11) is 0. The van der Waals surface area contributed by atoms with Crippen LogP contribution in [0.3, 0.4) is 0 Å². The third-order valence-electron chi connectivity index (χ3n) is 3.17. The third kappa shape index (κ3) is 4.91. The Morgan fingerprint density at radius 1 is 1.21 bits per heavy atom. The second kappa shape index (κ2) is 7.87. The number of nitro groups is 1. The maximum absolute atomic E-state index is 12.4. The van der Waals surface area contributed by atoms with E-state index in [4.69, 9.17) is 6.11 Å². The molecule has 0 spiro atoms. The zero-order valence-electron chi connectivity index (χ0n) is 13.7. The lowest BCUT2D eigenvalue weighted by atomic mass is 10.1. The van der Waals surface area contributed by atoms with Crippen molar-refractivity contribution in [2.75, 3.05) is 0 Å². The summed E-state index contributed by atoms with van der Waals surface area (Å²) in [6, 6.07) is 13.1. The van der Waals surface area contributed by atoms with Gasteiger partial charge in [0.25, 0.3) is 5.69 Å². The predicted octanol–water partition coefficient (Wildman–Crippen LogP) is 2.25. The van der Waals surface area contributed by atoms with Gasteiger partial charge in [0.15, 0.2) is 0 Å². The molecule has 0 saturated carbocycles. The van der Waals surface area contributed by atoms with Crippen LogP contribution in [0.5, 0.6) is 5.75 Å². The van der Waals surface area contributed by atoms with Gasteiger partial charge >= 0.3 is 5.97 Å². The first-order valence-corrected chi connectivity index (χ1v) is 7.08. The highest BCUT2D eigenvalue weighted by Gasteiger charge is 2.22. The second-order valence-corrected chi connectivity index (χ2v) is 4.98. The smallest absolute Gasteiger partial charge is 0.334 e. The summed E-state index contributed by atoms with van der Waals surface area (Å²) in [5.41, 5.74) is 0.696. The van der Waals surface area contributed by atoms with Crippen LogP contribution in [0.25, 0.3) is 0 Å². The van der Waals surface area contributed by atoms with E-state index in [1.54, 1.807) is 24.3 Å². The van der Waals surface area contributed by atoms with E-state index < -0.39 is 29.7 Å². The highest BCUT2D eigenvalue weighted by atomic mass is 16.6. The maximum atomic E-state index is 12.4. The first kappa shape index (κ1) is 15.7. The van der Waals surface area contributed by atoms with Crippen molar-refractivity contribution in [1.29, 1.82) is 0 Å². The van der Waals surface area contributed by atoms with Gasteiger partial charge in [-0.3, -0.25) is 14.9 Å². The van der Waals surface area contributed by atoms with E-state index in [2.05, 4.69) is 5.32 Å². The van der Waals surface area contributed by atoms with Gasteiger partial charge < -0.3 is 10.1 Å². The maximum Gasteiger partial charge on any atom is 0.334 e. The molecule has 0 bridgehead atoms. The molecule has 0 aliphatic rings. The topological polar surface area (TPSA) is 98.5 Å². The number of nitro benzene ring substituents is 1. The number of nitrogens with zero attached hydrogens (tertiary/aromatic N) is 1. The summed E-state index contributed by atoms with van der Waals surface area (Å²) >= 11 is 0. The lowest BCUT2D eigenvalue weighted by molar-refractivity contribution is -0.384. The lowest BCUT2D eigenvalue weighted by Crippen LogP contribution is -2.43. The first-order chi connectivity index (χ1) is 12.0. The molecule has 1 amide bonds. The fourth-order valence-corrected chi connectivity index (χ4v) is 2.06. The summed E-state index contributed by atoms with van der Waals surface area (Å²) in [5, 5.41) is 13.1. The van der Waals surface area contributed by atoms with Crippen molar-refractivity contribution >= 4 is 17.6 Å². The van der Waals surface area contributed by atoms with Crippen LogP contribution in [0.15, 0.2) is 54.6 Å². The zero-order valence-corrected chi connectivity index (χ0v) is 12.7. The van der Waals surface area contributed by atoms with Crippen LogP contribution in [-0.4, -0.2) is 22.8 Å². The van der Waals surface area contributed by atoms with Crippen LogP contribution >= 0.6 is 0 Å². The number of hydrogen-bond acceptors (Lipinski definition) is 5. The predicted molar refractivity (Wildman–Crippen MR) is 86.5 cm³/mol. The third-order valence-corrected chi connectivity index (χ3v) is 3.17. The molecule has 2 aromatic rings. The number of ether oxygens (including phenoxy) is 1. The fourth-order valence-electron chi connectivity index (χ4n) is 2.06. The number of non-ortho nitro benzene ring substituents is 1. The molecule has 7 nitrogen and oxygen atoms in total. The van der Waals surface area contributed by atoms with E-state index in [1.165, 1.54) is 24.3 Å². The number of hydrogen-bond donors (Lipinski definition) is 1.